The van der Waals surface area contributed by atoms with Crippen molar-refractivity contribution in [1.82, 2.24) is 9.80 Å². The highest BCUT2D eigenvalue weighted by molar-refractivity contribution is 5.92. The summed E-state index contributed by atoms with van der Waals surface area (Å²) in [5, 5.41) is 12.1. The van der Waals surface area contributed by atoms with Crippen molar-refractivity contribution in [3.05, 3.63) is 90.0 Å². The number of carboxylic acids is 1. The molecule has 3 aromatic rings. The summed E-state index contributed by atoms with van der Waals surface area (Å²) in [5.74, 6) is 0.538. The maximum atomic E-state index is 12.6. The minimum Gasteiger partial charge on any atom is -0.478 e. The second kappa shape index (κ2) is 11.6. The lowest BCUT2D eigenvalue weighted by atomic mass is 10.0. The van der Waals surface area contributed by atoms with Gasteiger partial charge in [0.25, 0.3) is 0 Å². The fourth-order valence-corrected chi connectivity index (χ4v) is 4.29. The van der Waals surface area contributed by atoms with E-state index >= 15 is 0 Å². The molecule has 4 rings (SSSR count). The predicted octanol–water partition coefficient (Wildman–Crippen LogP) is 4.88. The number of hydrogen-bond donors (Lipinski definition) is 2. The lowest BCUT2D eigenvalue weighted by Crippen LogP contribution is -2.36. The Balaban J connectivity index is 1.25. The normalized spacial score (nSPS) is 15.7. The van der Waals surface area contributed by atoms with Crippen LogP contribution in [0, 0.1) is 0 Å². The lowest BCUT2D eigenvalue weighted by molar-refractivity contribution is -0.117. The van der Waals surface area contributed by atoms with Gasteiger partial charge in [0.2, 0.25) is 5.91 Å². The van der Waals surface area contributed by atoms with Crippen molar-refractivity contribution in [2.75, 3.05) is 38.0 Å². The van der Waals surface area contributed by atoms with Crippen LogP contribution < -0.4 is 10.1 Å². The number of ether oxygens (including phenoxy) is 1. The van der Waals surface area contributed by atoms with Crippen molar-refractivity contribution in [1.29, 1.82) is 0 Å². The number of nitrogens with zero attached hydrogens (tertiary/aromatic N) is 2. The number of anilines is 1. The van der Waals surface area contributed by atoms with E-state index in [-0.39, 0.29) is 11.9 Å². The number of nitrogens with one attached hydrogen (secondary N) is 1. The van der Waals surface area contributed by atoms with Gasteiger partial charge in [-0.15, -0.1) is 0 Å². The minimum atomic E-state index is -0.913. The molecule has 7 nitrogen and oxygen atoms in total. The van der Waals surface area contributed by atoms with Crippen LogP contribution in [-0.4, -0.2) is 59.5 Å². The van der Waals surface area contributed by atoms with E-state index in [9.17, 15) is 9.59 Å². The van der Waals surface area contributed by atoms with E-state index in [1.807, 2.05) is 66.7 Å². The molecule has 7 heteroatoms. The van der Waals surface area contributed by atoms with Gasteiger partial charge in [-0.3, -0.25) is 14.6 Å². The number of hydrogen-bond acceptors (Lipinski definition) is 5. The number of benzene rings is 3. The molecule has 2 N–H and O–H groups in total. The monoisotopic (exact) mass is 473 g/mol. The Hall–Kier alpha value is -3.68. The smallest absolute Gasteiger partial charge is 0.335 e. The van der Waals surface area contributed by atoms with Crippen LogP contribution in [0.4, 0.5) is 5.69 Å². The Morgan fingerprint density at radius 2 is 1.57 bits per heavy atom. The van der Waals surface area contributed by atoms with E-state index < -0.39 is 5.97 Å². The third-order valence-corrected chi connectivity index (χ3v) is 6.30. The van der Waals surface area contributed by atoms with E-state index in [4.69, 9.17) is 9.84 Å². The summed E-state index contributed by atoms with van der Waals surface area (Å²) in [4.78, 5) is 28.3. The fourth-order valence-electron chi connectivity index (χ4n) is 4.29. The summed E-state index contributed by atoms with van der Waals surface area (Å²) < 4.78 is 5.80. The summed E-state index contributed by atoms with van der Waals surface area (Å²) in [5.41, 5.74) is 2.14. The van der Waals surface area contributed by atoms with Crippen molar-refractivity contribution >= 4 is 17.6 Å². The molecule has 0 aromatic heterocycles. The predicted molar refractivity (Wildman–Crippen MR) is 136 cm³/mol. The number of carbonyl (C=O) groups excluding carboxylic acids is 1. The van der Waals surface area contributed by atoms with Gasteiger partial charge >= 0.3 is 5.97 Å². The van der Waals surface area contributed by atoms with E-state index in [2.05, 4.69) is 22.0 Å². The highest BCUT2D eigenvalue weighted by atomic mass is 16.5. The molecule has 35 heavy (non-hydrogen) atoms. The Morgan fingerprint density at radius 3 is 2.26 bits per heavy atom. The molecular weight excluding hydrogens is 442 g/mol. The van der Waals surface area contributed by atoms with Gasteiger partial charge in [-0.05, 0) is 74.0 Å². The van der Waals surface area contributed by atoms with Gasteiger partial charge in [0.05, 0.1) is 12.1 Å². The lowest BCUT2D eigenvalue weighted by Gasteiger charge is -2.28. The van der Waals surface area contributed by atoms with Crippen molar-refractivity contribution in [2.45, 2.75) is 19.4 Å². The van der Waals surface area contributed by atoms with Crippen molar-refractivity contribution < 1.29 is 19.4 Å². The average Bonchev–Trinajstić information content (AvgIpc) is 3.11. The van der Waals surface area contributed by atoms with E-state index in [0.717, 1.165) is 49.6 Å². The first-order valence-electron chi connectivity index (χ1n) is 11.9. The van der Waals surface area contributed by atoms with E-state index in [0.29, 0.717) is 17.9 Å². The van der Waals surface area contributed by atoms with Crippen LogP contribution in [0.2, 0.25) is 0 Å². The summed E-state index contributed by atoms with van der Waals surface area (Å²) >= 11 is 0. The van der Waals surface area contributed by atoms with Gasteiger partial charge < -0.3 is 15.2 Å². The number of amides is 1. The first kappa shape index (κ1) is 24.4. The highest BCUT2D eigenvalue weighted by Gasteiger charge is 2.21. The second-order valence-electron chi connectivity index (χ2n) is 8.76. The number of para-hydroxylation sites is 1. The molecule has 1 saturated heterocycles. The topological polar surface area (TPSA) is 82.1 Å². The summed E-state index contributed by atoms with van der Waals surface area (Å²) in [6, 6.07) is 24.2. The van der Waals surface area contributed by atoms with Crippen molar-refractivity contribution in [3.63, 3.8) is 0 Å². The molecule has 1 aliphatic heterocycles. The van der Waals surface area contributed by atoms with Crippen molar-refractivity contribution in [2.24, 2.45) is 0 Å². The molecule has 1 heterocycles. The van der Waals surface area contributed by atoms with Gasteiger partial charge in [-0.1, -0.05) is 30.3 Å². The number of aromatic carboxylic acids is 1. The van der Waals surface area contributed by atoms with Crippen LogP contribution in [0.25, 0.3) is 0 Å². The standard InChI is InChI=1S/C28H31N3O4/c1-21(22-8-10-23(11-9-22)28(33)34)31-17-5-16-30(18-19-31)20-27(32)29-24-12-14-26(15-13-24)35-25-6-3-2-4-7-25/h2-4,6-15,21H,5,16-20H2,1H3,(H,29,32)(H,33,34). The quantitative estimate of drug-likeness (QED) is 0.485. The third-order valence-electron chi connectivity index (χ3n) is 6.30. The SMILES string of the molecule is CC(c1ccc(C(=O)O)cc1)N1CCCN(CC(=O)Nc2ccc(Oc3ccccc3)cc2)CC1. The van der Waals surface area contributed by atoms with Crippen LogP contribution in [0.5, 0.6) is 11.5 Å². The zero-order chi connectivity index (χ0) is 24.6. The Labute approximate surface area is 205 Å². The Bertz CT molecular complexity index is 1120. The molecule has 0 radical (unpaired) electrons. The fraction of sp³-hybridized carbons (Fsp3) is 0.286. The van der Waals surface area contributed by atoms with Crippen molar-refractivity contribution in [3.8, 4) is 11.5 Å². The molecule has 1 amide bonds. The van der Waals surface area contributed by atoms with Gasteiger partial charge in [-0.25, -0.2) is 4.79 Å². The summed E-state index contributed by atoms with van der Waals surface area (Å²) in [6.45, 7) is 5.93. The van der Waals surface area contributed by atoms with E-state index in [1.54, 1.807) is 12.1 Å². The van der Waals surface area contributed by atoms with Crippen LogP contribution in [-0.2, 0) is 4.79 Å². The Morgan fingerprint density at radius 1 is 0.886 bits per heavy atom. The molecular formula is C28H31N3O4. The molecule has 0 spiro atoms. The third kappa shape index (κ3) is 6.91. The molecule has 0 saturated carbocycles. The second-order valence-corrected chi connectivity index (χ2v) is 8.76. The zero-order valence-corrected chi connectivity index (χ0v) is 19.9. The molecule has 3 aromatic carbocycles. The summed E-state index contributed by atoms with van der Waals surface area (Å²) in [7, 11) is 0. The molecule has 0 aliphatic carbocycles. The first-order chi connectivity index (χ1) is 17.0. The van der Waals surface area contributed by atoms with Crippen LogP contribution in [0.1, 0.15) is 35.3 Å². The van der Waals surface area contributed by atoms with Crippen LogP contribution in [0.15, 0.2) is 78.9 Å². The minimum absolute atomic E-state index is 0.0347. The highest BCUT2D eigenvalue weighted by Crippen LogP contribution is 2.24. The largest absolute Gasteiger partial charge is 0.478 e. The maximum Gasteiger partial charge on any atom is 0.335 e. The number of rotatable bonds is 8. The number of carbonyl (C=O) groups is 2. The van der Waals surface area contributed by atoms with Gasteiger partial charge in [-0.2, -0.15) is 0 Å². The average molecular weight is 474 g/mol. The maximum absolute atomic E-state index is 12.6. The summed E-state index contributed by atoms with van der Waals surface area (Å²) in [6.07, 6.45) is 0.969. The Kier molecular flexibility index (Phi) is 8.13. The number of carboxylic acid groups (broad SMARTS) is 1. The molecule has 0 bridgehead atoms. The molecule has 1 fully saturated rings. The molecule has 1 atom stereocenters. The van der Waals surface area contributed by atoms with Crippen LogP contribution >= 0.6 is 0 Å². The van der Waals surface area contributed by atoms with E-state index in [1.165, 1.54) is 0 Å². The molecule has 182 valence electrons. The first-order valence-corrected chi connectivity index (χ1v) is 11.9. The zero-order valence-electron chi connectivity index (χ0n) is 19.9. The van der Waals surface area contributed by atoms with Gasteiger partial charge in [0.15, 0.2) is 0 Å². The molecule has 1 aliphatic rings. The molecule has 1 unspecified atom stereocenters. The van der Waals surface area contributed by atoms with Gasteiger partial charge in [0, 0.05) is 31.4 Å². The van der Waals surface area contributed by atoms with Gasteiger partial charge in [0.1, 0.15) is 11.5 Å². The van der Waals surface area contributed by atoms with Crippen LogP contribution in [0.3, 0.4) is 0 Å².